The molecule has 0 aliphatic rings. The third kappa shape index (κ3) is 7.06. The Hall–Kier alpha value is -2.87. The van der Waals surface area contributed by atoms with Gasteiger partial charge < -0.3 is 10.2 Å². The summed E-state index contributed by atoms with van der Waals surface area (Å²) in [5.41, 5.74) is 4.14. The number of nitrogens with one attached hydrogen (secondary N) is 1. The molecule has 2 amide bonds. The molecule has 8 heteroatoms. The Bertz CT molecular complexity index is 1110. The number of anilines is 1. The second kappa shape index (κ2) is 11.5. The number of amides is 2. The minimum absolute atomic E-state index is 0.0830. The minimum atomic E-state index is -3.75. The molecule has 0 heterocycles. The summed E-state index contributed by atoms with van der Waals surface area (Å²) >= 11 is 0. The van der Waals surface area contributed by atoms with Gasteiger partial charge in [0, 0.05) is 12.6 Å². The van der Waals surface area contributed by atoms with Gasteiger partial charge in [0.1, 0.15) is 12.6 Å². The molecule has 0 aromatic heterocycles. The van der Waals surface area contributed by atoms with Gasteiger partial charge in [0.2, 0.25) is 21.8 Å². The van der Waals surface area contributed by atoms with Crippen molar-refractivity contribution in [2.75, 3.05) is 17.1 Å². The van der Waals surface area contributed by atoms with Crippen LogP contribution in [0, 0.1) is 20.8 Å². The van der Waals surface area contributed by atoms with Crippen molar-refractivity contribution in [3.8, 4) is 0 Å². The molecule has 0 bridgehead atoms. The van der Waals surface area contributed by atoms with E-state index in [-0.39, 0.29) is 25.0 Å². The van der Waals surface area contributed by atoms with E-state index in [1.54, 1.807) is 12.1 Å². The summed E-state index contributed by atoms with van der Waals surface area (Å²) in [5, 5.41) is 2.89. The Labute approximate surface area is 204 Å². The zero-order valence-corrected chi connectivity index (χ0v) is 22.1. The molecule has 0 spiro atoms. The normalized spacial score (nSPS) is 12.4. The standard InChI is InChI=1S/C26H37N3O4S/c1-8-23(26(31)27-18(2)3)28(16-22-14-12-19(4)13-15-22)25(30)17-29(34(7,32)33)24-11-9-10-20(5)21(24)6/h9-15,18,23H,8,16-17H2,1-7H3,(H,27,31). The van der Waals surface area contributed by atoms with E-state index in [9.17, 15) is 18.0 Å². The quantitative estimate of drug-likeness (QED) is 0.554. The predicted octanol–water partition coefficient (Wildman–Crippen LogP) is 3.71. The zero-order valence-electron chi connectivity index (χ0n) is 21.3. The zero-order chi connectivity index (χ0) is 25.6. The van der Waals surface area contributed by atoms with Gasteiger partial charge in [-0.05, 0) is 63.8 Å². The van der Waals surface area contributed by atoms with E-state index < -0.39 is 22.0 Å². The van der Waals surface area contributed by atoms with Gasteiger partial charge in [-0.2, -0.15) is 0 Å². The average molecular weight is 488 g/mol. The molecule has 34 heavy (non-hydrogen) atoms. The second-order valence-electron chi connectivity index (χ2n) is 9.08. The van der Waals surface area contributed by atoms with Gasteiger partial charge in [-0.25, -0.2) is 8.42 Å². The molecule has 7 nitrogen and oxygen atoms in total. The lowest BCUT2D eigenvalue weighted by Crippen LogP contribution is -2.53. The van der Waals surface area contributed by atoms with Crippen LogP contribution in [0.2, 0.25) is 0 Å². The minimum Gasteiger partial charge on any atom is -0.352 e. The van der Waals surface area contributed by atoms with Crippen molar-refractivity contribution in [3.05, 3.63) is 64.7 Å². The molecule has 0 saturated heterocycles. The highest BCUT2D eigenvalue weighted by molar-refractivity contribution is 7.92. The average Bonchev–Trinajstić information content (AvgIpc) is 2.74. The molecule has 2 aromatic rings. The SMILES string of the molecule is CCC(C(=O)NC(C)C)N(Cc1ccc(C)cc1)C(=O)CN(c1cccc(C)c1C)S(C)(=O)=O. The molecule has 2 rings (SSSR count). The van der Waals surface area contributed by atoms with Crippen molar-refractivity contribution in [1.29, 1.82) is 0 Å². The van der Waals surface area contributed by atoms with Crippen LogP contribution in [-0.4, -0.2) is 50.0 Å². The van der Waals surface area contributed by atoms with Crippen LogP contribution in [0.1, 0.15) is 49.4 Å². The molecule has 0 aliphatic carbocycles. The summed E-state index contributed by atoms with van der Waals surface area (Å²) in [6, 6.07) is 12.3. The van der Waals surface area contributed by atoms with E-state index in [1.165, 1.54) is 4.90 Å². The summed E-state index contributed by atoms with van der Waals surface area (Å²) in [5.74, 6) is -0.687. The first kappa shape index (κ1) is 27.4. The topological polar surface area (TPSA) is 86.8 Å². The van der Waals surface area contributed by atoms with E-state index in [4.69, 9.17) is 0 Å². The van der Waals surface area contributed by atoms with Gasteiger partial charge in [0.15, 0.2) is 0 Å². The van der Waals surface area contributed by atoms with Crippen LogP contribution in [0.5, 0.6) is 0 Å². The number of carbonyl (C=O) groups excluding carboxylic acids is 2. The first-order valence-corrected chi connectivity index (χ1v) is 13.4. The fourth-order valence-electron chi connectivity index (χ4n) is 3.79. The van der Waals surface area contributed by atoms with Crippen molar-refractivity contribution < 1.29 is 18.0 Å². The van der Waals surface area contributed by atoms with Crippen LogP contribution in [0.15, 0.2) is 42.5 Å². The van der Waals surface area contributed by atoms with Crippen LogP contribution in [0.25, 0.3) is 0 Å². The summed E-state index contributed by atoms with van der Waals surface area (Å²) in [6.07, 6.45) is 1.49. The molecule has 1 unspecified atom stereocenters. The number of rotatable bonds is 10. The number of aryl methyl sites for hydroxylation is 2. The Balaban J connectivity index is 2.48. The fourth-order valence-corrected chi connectivity index (χ4v) is 4.69. The van der Waals surface area contributed by atoms with Crippen molar-refractivity contribution in [2.45, 2.75) is 66.6 Å². The van der Waals surface area contributed by atoms with E-state index in [0.717, 1.165) is 32.8 Å². The second-order valence-corrected chi connectivity index (χ2v) is 11.0. The van der Waals surface area contributed by atoms with E-state index in [2.05, 4.69) is 5.32 Å². The molecule has 1 atom stereocenters. The highest BCUT2D eigenvalue weighted by Crippen LogP contribution is 2.25. The largest absolute Gasteiger partial charge is 0.352 e. The summed E-state index contributed by atoms with van der Waals surface area (Å²) in [7, 11) is -3.75. The maximum absolute atomic E-state index is 13.7. The first-order valence-electron chi connectivity index (χ1n) is 11.5. The highest BCUT2D eigenvalue weighted by Gasteiger charge is 2.32. The van der Waals surface area contributed by atoms with Crippen molar-refractivity contribution in [2.24, 2.45) is 0 Å². The number of hydrogen-bond acceptors (Lipinski definition) is 4. The number of benzene rings is 2. The first-order chi connectivity index (χ1) is 15.8. The lowest BCUT2D eigenvalue weighted by Gasteiger charge is -2.33. The molecule has 2 aromatic carbocycles. The predicted molar refractivity (Wildman–Crippen MR) is 137 cm³/mol. The van der Waals surface area contributed by atoms with Gasteiger partial charge in [-0.15, -0.1) is 0 Å². The van der Waals surface area contributed by atoms with E-state index >= 15 is 0 Å². The Morgan fingerprint density at radius 3 is 2.15 bits per heavy atom. The van der Waals surface area contributed by atoms with Crippen molar-refractivity contribution in [3.63, 3.8) is 0 Å². The molecular weight excluding hydrogens is 450 g/mol. The van der Waals surface area contributed by atoms with Crippen LogP contribution < -0.4 is 9.62 Å². The molecule has 0 fully saturated rings. The molecule has 1 N–H and O–H groups in total. The third-order valence-corrected chi connectivity index (χ3v) is 6.94. The molecule has 186 valence electrons. The van der Waals surface area contributed by atoms with Gasteiger partial charge in [-0.3, -0.25) is 13.9 Å². The lowest BCUT2D eigenvalue weighted by atomic mass is 10.1. The van der Waals surface area contributed by atoms with Crippen LogP contribution in [0.3, 0.4) is 0 Å². The van der Waals surface area contributed by atoms with Crippen LogP contribution >= 0.6 is 0 Å². The van der Waals surface area contributed by atoms with Gasteiger partial charge in [0.05, 0.1) is 11.9 Å². The van der Waals surface area contributed by atoms with Gasteiger partial charge in [0.25, 0.3) is 0 Å². The molecule has 0 saturated carbocycles. The lowest BCUT2D eigenvalue weighted by molar-refractivity contribution is -0.140. The van der Waals surface area contributed by atoms with Gasteiger partial charge in [-0.1, -0.05) is 48.9 Å². The maximum atomic E-state index is 13.7. The smallest absolute Gasteiger partial charge is 0.244 e. The Kier molecular flexibility index (Phi) is 9.27. The van der Waals surface area contributed by atoms with E-state index in [1.807, 2.05) is 71.9 Å². The third-order valence-electron chi connectivity index (χ3n) is 5.81. The van der Waals surface area contributed by atoms with Crippen LogP contribution in [0.4, 0.5) is 5.69 Å². The van der Waals surface area contributed by atoms with Crippen LogP contribution in [-0.2, 0) is 26.2 Å². The maximum Gasteiger partial charge on any atom is 0.244 e. The molecular formula is C26H37N3O4S. The van der Waals surface area contributed by atoms with Crippen molar-refractivity contribution >= 4 is 27.5 Å². The number of carbonyl (C=O) groups is 2. The Morgan fingerprint density at radius 2 is 1.62 bits per heavy atom. The monoisotopic (exact) mass is 487 g/mol. The number of hydrogen-bond donors (Lipinski definition) is 1. The summed E-state index contributed by atoms with van der Waals surface area (Å²) < 4.78 is 26.6. The molecule has 0 radical (unpaired) electrons. The highest BCUT2D eigenvalue weighted by atomic mass is 32.2. The Morgan fingerprint density at radius 1 is 1.00 bits per heavy atom. The number of sulfonamides is 1. The van der Waals surface area contributed by atoms with E-state index in [0.29, 0.717) is 12.1 Å². The fraction of sp³-hybridized carbons (Fsp3) is 0.462. The summed E-state index contributed by atoms with van der Waals surface area (Å²) in [6.45, 7) is 11.1. The number of nitrogens with zero attached hydrogens (tertiary/aromatic N) is 2. The summed E-state index contributed by atoms with van der Waals surface area (Å²) in [4.78, 5) is 28.2. The molecule has 0 aliphatic heterocycles. The van der Waals surface area contributed by atoms with Gasteiger partial charge >= 0.3 is 0 Å². The van der Waals surface area contributed by atoms with Crippen molar-refractivity contribution in [1.82, 2.24) is 10.2 Å².